The molecule has 0 spiro atoms. The minimum Gasteiger partial charge on any atom is -0.365 e. The number of halogens is 4. The molecule has 7 nitrogen and oxygen atoms in total. The SMILES string of the molecule is Cc1nc(NCc2ccc(C(F)(F)F)cc2)c(-c2cn(CCCl)cn2)cc1S(N)(=O)=O. The van der Waals surface area contributed by atoms with Crippen molar-refractivity contribution in [1.29, 1.82) is 0 Å². The quantitative estimate of drug-likeness (QED) is 0.508. The second-order valence-electron chi connectivity index (χ2n) is 6.75. The van der Waals surface area contributed by atoms with Crippen LogP contribution in [0.25, 0.3) is 11.3 Å². The van der Waals surface area contributed by atoms with Crippen LogP contribution in [0.3, 0.4) is 0 Å². The normalized spacial score (nSPS) is 12.2. The highest BCUT2D eigenvalue weighted by Gasteiger charge is 2.30. The number of nitrogens with zero attached hydrogens (tertiary/aromatic N) is 3. The molecule has 166 valence electrons. The highest BCUT2D eigenvalue weighted by Crippen LogP contribution is 2.31. The number of nitrogens with one attached hydrogen (secondary N) is 1. The molecule has 0 radical (unpaired) electrons. The van der Waals surface area contributed by atoms with Gasteiger partial charge < -0.3 is 9.88 Å². The van der Waals surface area contributed by atoms with Gasteiger partial charge in [0.25, 0.3) is 0 Å². The first kappa shape index (κ1) is 23.0. The topological polar surface area (TPSA) is 103 Å². The zero-order valence-electron chi connectivity index (χ0n) is 16.3. The number of hydrogen-bond donors (Lipinski definition) is 2. The van der Waals surface area contributed by atoms with Gasteiger partial charge >= 0.3 is 6.18 Å². The second kappa shape index (κ2) is 8.85. The van der Waals surface area contributed by atoms with E-state index in [1.165, 1.54) is 25.1 Å². The largest absolute Gasteiger partial charge is 0.416 e. The monoisotopic (exact) mass is 473 g/mol. The maximum absolute atomic E-state index is 12.7. The molecule has 0 unspecified atom stereocenters. The Bertz CT molecular complexity index is 1180. The molecule has 3 N–H and O–H groups in total. The number of pyridine rings is 1. The van der Waals surface area contributed by atoms with Gasteiger partial charge in [0, 0.05) is 30.7 Å². The van der Waals surface area contributed by atoms with Crippen molar-refractivity contribution in [1.82, 2.24) is 14.5 Å². The van der Waals surface area contributed by atoms with Crippen LogP contribution >= 0.6 is 11.6 Å². The Morgan fingerprint density at radius 3 is 2.48 bits per heavy atom. The van der Waals surface area contributed by atoms with Crippen LogP contribution in [0, 0.1) is 6.92 Å². The van der Waals surface area contributed by atoms with Gasteiger partial charge in [0.05, 0.1) is 23.3 Å². The average Bonchev–Trinajstić information content (AvgIpc) is 3.13. The summed E-state index contributed by atoms with van der Waals surface area (Å²) in [6.07, 6.45) is -1.18. The second-order valence-corrected chi connectivity index (χ2v) is 8.65. The van der Waals surface area contributed by atoms with Crippen molar-refractivity contribution in [3.05, 3.63) is 59.7 Å². The fraction of sp³-hybridized carbons (Fsp3) is 0.263. The van der Waals surface area contributed by atoms with Crippen LogP contribution < -0.4 is 10.5 Å². The fourth-order valence-electron chi connectivity index (χ4n) is 2.92. The summed E-state index contributed by atoms with van der Waals surface area (Å²) in [6, 6.07) is 6.08. The average molecular weight is 474 g/mol. The Morgan fingerprint density at radius 2 is 1.90 bits per heavy atom. The molecular weight excluding hydrogens is 455 g/mol. The first-order chi connectivity index (χ1) is 14.5. The number of rotatable bonds is 7. The van der Waals surface area contributed by atoms with Crippen LogP contribution in [0.4, 0.5) is 19.0 Å². The van der Waals surface area contributed by atoms with E-state index in [1.807, 2.05) is 0 Å². The van der Waals surface area contributed by atoms with Gasteiger partial charge in [0.2, 0.25) is 10.0 Å². The third-order valence-corrected chi connectivity index (χ3v) is 5.66. The summed E-state index contributed by atoms with van der Waals surface area (Å²) >= 11 is 5.75. The molecule has 3 aromatic rings. The van der Waals surface area contributed by atoms with Crippen molar-refractivity contribution >= 4 is 27.4 Å². The van der Waals surface area contributed by atoms with E-state index in [0.717, 1.165) is 12.1 Å². The summed E-state index contributed by atoms with van der Waals surface area (Å²) in [4.78, 5) is 8.45. The first-order valence-electron chi connectivity index (χ1n) is 9.01. The van der Waals surface area contributed by atoms with Gasteiger partial charge in [0.1, 0.15) is 10.7 Å². The van der Waals surface area contributed by atoms with Gasteiger partial charge in [-0.3, -0.25) is 0 Å². The number of sulfonamides is 1. The maximum Gasteiger partial charge on any atom is 0.416 e. The van der Waals surface area contributed by atoms with Crippen molar-refractivity contribution in [3.8, 4) is 11.3 Å². The number of imidazole rings is 1. The van der Waals surface area contributed by atoms with Gasteiger partial charge in [-0.25, -0.2) is 23.5 Å². The van der Waals surface area contributed by atoms with E-state index < -0.39 is 21.8 Å². The summed E-state index contributed by atoms with van der Waals surface area (Å²) < 4.78 is 63.8. The maximum atomic E-state index is 12.7. The number of aryl methyl sites for hydroxylation is 2. The van der Waals surface area contributed by atoms with Crippen molar-refractivity contribution in [3.63, 3.8) is 0 Å². The minimum absolute atomic E-state index is 0.144. The lowest BCUT2D eigenvalue weighted by molar-refractivity contribution is -0.137. The van der Waals surface area contributed by atoms with Gasteiger partial charge in [-0.2, -0.15) is 13.2 Å². The third kappa shape index (κ3) is 5.54. The Labute approximate surface area is 182 Å². The van der Waals surface area contributed by atoms with Crippen LogP contribution in [0.15, 0.2) is 47.8 Å². The molecule has 0 fully saturated rings. The van der Waals surface area contributed by atoms with E-state index in [9.17, 15) is 21.6 Å². The lowest BCUT2D eigenvalue weighted by Crippen LogP contribution is -2.16. The van der Waals surface area contributed by atoms with Gasteiger partial charge in [0.15, 0.2) is 0 Å². The van der Waals surface area contributed by atoms with Crippen LogP contribution in [0.2, 0.25) is 0 Å². The Balaban J connectivity index is 1.95. The smallest absolute Gasteiger partial charge is 0.365 e. The molecule has 0 saturated carbocycles. The standard InChI is InChI=1S/C19H19ClF3N5O2S/c1-12-17(31(24,29)30)8-15(16-10-28(7-6-20)11-26-16)18(27-12)25-9-13-2-4-14(5-3-13)19(21,22)23/h2-5,8,10-11H,6-7,9H2,1H3,(H,25,27)(H2,24,29,30). The van der Waals surface area contributed by atoms with Crippen molar-refractivity contribution in [2.45, 2.75) is 31.1 Å². The molecule has 12 heteroatoms. The predicted molar refractivity (Wildman–Crippen MR) is 111 cm³/mol. The number of aromatic nitrogens is 3. The summed E-state index contributed by atoms with van der Waals surface area (Å²) in [7, 11) is -4.02. The number of alkyl halides is 4. The van der Waals surface area contributed by atoms with Gasteiger partial charge in [-0.15, -0.1) is 11.6 Å². The summed E-state index contributed by atoms with van der Waals surface area (Å²) in [5, 5.41) is 8.34. The lowest BCUT2D eigenvalue weighted by atomic mass is 10.1. The molecule has 2 heterocycles. The molecule has 2 aromatic heterocycles. The molecule has 0 bridgehead atoms. The number of hydrogen-bond acceptors (Lipinski definition) is 5. The highest BCUT2D eigenvalue weighted by molar-refractivity contribution is 7.89. The fourth-order valence-corrected chi connectivity index (χ4v) is 3.86. The Kier molecular flexibility index (Phi) is 6.58. The number of primary sulfonamides is 1. The Morgan fingerprint density at radius 1 is 1.23 bits per heavy atom. The molecule has 0 aliphatic rings. The van der Waals surface area contributed by atoms with E-state index in [1.54, 1.807) is 17.1 Å². The van der Waals surface area contributed by atoms with Crippen molar-refractivity contribution < 1.29 is 21.6 Å². The van der Waals surface area contributed by atoms with E-state index in [-0.39, 0.29) is 17.1 Å². The number of anilines is 1. The molecule has 0 atom stereocenters. The van der Waals surface area contributed by atoms with Gasteiger partial charge in [-0.1, -0.05) is 12.1 Å². The Hall–Kier alpha value is -2.63. The van der Waals surface area contributed by atoms with E-state index in [0.29, 0.717) is 35.1 Å². The minimum atomic E-state index is -4.41. The number of nitrogens with two attached hydrogens (primary N) is 1. The molecule has 0 aliphatic heterocycles. The lowest BCUT2D eigenvalue weighted by Gasteiger charge is -2.14. The molecule has 1 aromatic carbocycles. The third-order valence-electron chi connectivity index (χ3n) is 4.47. The highest BCUT2D eigenvalue weighted by atomic mass is 35.5. The van der Waals surface area contributed by atoms with E-state index >= 15 is 0 Å². The molecule has 0 saturated heterocycles. The van der Waals surface area contributed by atoms with Crippen LogP contribution in [0.5, 0.6) is 0 Å². The van der Waals surface area contributed by atoms with Crippen molar-refractivity contribution in [2.75, 3.05) is 11.2 Å². The molecule has 3 rings (SSSR count). The van der Waals surface area contributed by atoms with Crippen molar-refractivity contribution in [2.24, 2.45) is 5.14 Å². The predicted octanol–water partition coefficient (Wildman–Crippen LogP) is 3.77. The first-order valence-corrected chi connectivity index (χ1v) is 11.1. The zero-order valence-corrected chi connectivity index (χ0v) is 17.9. The molecular formula is C19H19ClF3N5O2S. The van der Waals surface area contributed by atoms with E-state index in [2.05, 4.69) is 15.3 Å². The van der Waals surface area contributed by atoms with Crippen LogP contribution in [-0.2, 0) is 29.3 Å². The molecule has 0 aliphatic carbocycles. The summed E-state index contributed by atoms with van der Waals surface area (Å²) in [5.41, 5.74) is 0.850. The van der Waals surface area contributed by atoms with Gasteiger partial charge in [-0.05, 0) is 30.7 Å². The zero-order chi connectivity index (χ0) is 22.8. The number of benzene rings is 1. The van der Waals surface area contributed by atoms with Crippen LogP contribution in [-0.4, -0.2) is 28.8 Å². The molecule has 31 heavy (non-hydrogen) atoms. The summed E-state index contributed by atoms with van der Waals surface area (Å²) in [6.45, 7) is 2.16. The molecule has 0 amide bonds. The van der Waals surface area contributed by atoms with E-state index in [4.69, 9.17) is 16.7 Å². The summed E-state index contributed by atoms with van der Waals surface area (Å²) in [5.74, 6) is 0.685. The van der Waals surface area contributed by atoms with Crippen LogP contribution in [0.1, 0.15) is 16.8 Å².